The summed E-state index contributed by atoms with van der Waals surface area (Å²) in [6.45, 7) is 11.1. The zero-order valence-electron chi connectivity index (χ0n) is 20.8. The van der Waals surface area contributed by atoms with E-state index in [1.165, 1.54) is 47.1 Å². The lowest BCUT2D eigenvalue weighted by Gasteiger charge is -2.20. The van der Waals surface area contributed by atoms with Gasteiger partial charge in [0.05, 0.1) is 17.4 Å². The van der Waals surface area contributed by atoms with Crippen LogP contribution in [0.1, 0.15) is 74.0 Å². The fourth-order valence-electron chi connectivity index (χ4n) is 4.92. The molecule has 0 bridgehead atoms. The molecule has 0 N–H and O–H groups in total. The number of hydrogen-bond donors (Lipinski definition) is 0. The molecule has 1 aliphatic rings. The van der Waals surface area contributed by atoms with Gasteiger partial charge < -0.3 is 9.47 Å². The third kappa shape index (κ3) is 5.24. The van der Waals surface area contributed by atoms with Crippen molar-refractivity contribution in [1.29, 1.82) is 0 Å². The molecule has 4 rings (SSSR count). The largest absolute Gasteiger partial charge is 0.490 e. The van der Waals surface area contributed by atoms with Crippen LogP contribution >= 0.6 is 0 Å². The number of hydrogen-bond acceptors (Lipinski definition) is 3. The highest BCUT2D eigenvalue weighted by atomic mass is 16.5. The summed E-state index contributed by atoms with van der Waals surface area (Å²) in [4.78, 5) is 5.02. The molecule has 0 saturated carbocycles. The summed E-state index contributed by atoms with van der Waals surface area (Å²) in [6, 6.07) is 15.2. The number of aryl methyl sites for hydroxylation is 4. The molecule has 0 spiro atoms. The maximum absolute atomic E-state index is 6.28. The molecule has 1 aliphatic carbocycles. The predicted molar refractivity (Wildman–Crippen MR) is 136 cm³/mol. The lowest BCUT2D eigenvalue weighted by atomic mass is 9.92. The van der Waals surface area contributed by atoms with Crippen molar-refractivity contribution in [2.75, 3.05) is 0 Å². The minimum absolute atomic E-state index is 0.0785. The lowest BCUT2D eigenvalue weighted by Crippen LogP contribution is -2.11. The summed E-state index contributed by atoms with van der Waals surface area (Å²) in [7, 11) is 0. The van der Waals surface area contributed by atoms with Crippen LogP contribution in [0.25, 0.3) is 11.3 Å². The molecule has 0 saturated heterocycles. The van der Waals surface area contributed by atoms with Crippen LogP contribution in [0.5, 0.6) is 11.5 Å². The molecule has 0 atom stereocenters. The summed E-state index contributed by atoms with van der Waals surface area (Å²) in [5.41, 5.74) is 9.84. The third-order valence-corrected chi connectivity index (χ3v) is 6.64. The van der Waals surface area contributed by atoms with Crippen LogP contribution in [0.4, 0.5) is 0 Å². The van der Waals surface area contributed by atoms with Gasteiger partial charge >= 0.3 is 0 Å². The zero-order valence-corrected chi connectivity index (χ0v) is 20.8. The van der Waals surface area contributed by atoms with Crippen molar-refractivity contribution in [2.24, 2.45) is 0 Å². The van der Waals surface area contributed by atoms with Crippen molar-refractivity contribution in [3.05, 3.63) is 76.0 Å². The number of benzene rings is 2. The zero-order chi connectivity index (χ0) is 23.4. The average Bonchev–Trinajstić information content (AvgIpc) is 2.82. The molecule has 0 aliphatic heterocycles. The highest BCUT2D eigenvalue weighted by molar-refractivity contribution is 5.68. The number of aromatic nitrogens is 1. The number of nitrogens with zero attached hydrogens (tertiary/aromatic N) is 1. The van der Waals surface area contributed by atoms with E-state index in [2.05, 4.69) is 77.1 Å². The van der Waals surface area contributed by atoms with Gasteiger partial charge in [0.25, 0.3) is 0 Å². The second-order valence-electron chi connectivity index (χ2n) is 9.31. The van der Waals surface area contributed by atoms with Gasteiger partial charge in [-0.15, -0.1) is 0 Å². The topological polar surface area (TPSA) is 31.4 Å². The molecule has 3 heteroatoms. The van der Waals surface area contributed by atoms with Crippen molar-refractivity contribution in [3.8, 4) is 22.8 Å². The standard InChI is InChI=1S/C30H37NO2/c1-6-22-13-10-14-27(26(22)7-2)29-18-30(33-20(3)4)28(21(5)31-29)19-32-25-16-15-23-11-8-9-12-24(23)17-25/h10,13-18,20H,6-9,11-12,19H2,1-5H3. The van der Waals surface area contributed by atoms with Crippen molar-refractivity contribution in [3.63, 3.8) is 0 Å². The predicted octanol–water partition coefficient (Wildman–Crippen LogP) is 7.43. The van der Waals surface area contributed by atoms with Crippen LogP contribution < -0.4 is 9.47 Å². The van der Waals surface area contributed by atoms with E-state index in [-0.39, 0.29) is 6.10 Å². The lowest BCUT2D eigenvalue weighted by molar-refractivity contribution is 0.229. The number of fused-ring (bicyclic) bond motifs is 1. The second-order valence-corrected chi connectivity index (χ2v) is 9.31. The summed E-state index contributed by atoms with van der Waals surface area (Å²) in [5.74, 6) is 1.80. The van der Waals surface area contributed by atoms with Gasteiger partial charge in [0.2, 0.25) is 0 Å². The van der Waals surface area contributed by atoms with E-state index >= 15 is 0 Å². The van der Waals surface area contributed by atoms with E-state index in [9.17, 15) is 0 Å². The van der Waals surface area contributed by atoms with Crippen LogP contribution in [-0.2, 0) is 32.3 Å². The van der Waals surface area contributed by atoms with Crippen molar-refractivity contribution in [1.82, 2.24) is 4.98 Å². The first-order chi connectivity index (χ1) is 16.0. The van der Waals surface area contributed by atoms with Crippen molar-refractivity contribution in [2.45, 2.75) is 85.9 Å². The second kappa shape index (κ2) is 10.4. The molecule has 1 heterocycles. The molecule has 3 aromatic rings. The van der Waals surface area contributed by atoms with Gasteiger partial charge in [-0.25, -0.2) is 0 Å². The molecule has 0 unspecified atom stereocenters. The number of rotatable bonds is 8. The Kier molecular flexibility index (Phi) is 7.37. The van der Waals surface area contributed by atoms with E-state index in [1.54, 1.807) is 0 Å². The van der Waals surface area contributed by atoms with Crippen LogP contribution in [0.2, 0.25) is 0 Å². The van der Waals surface area contributed by atoms with Crippen LogP contribution in [-0.4, -0.2) is 11.1 Å². The Bertz CT molecular complexity index is 1120. The Balaban J connectivity index is 1.66. The maximum atomic E-state index is 6.28. The Morgan fingerprint density at radius 3 is 2.42 bits per heavy atom. The minimum Gasteiger partial charge on any atom is -0.490 e. The maximum Gasteiger partial charge on any atom is 0.130 e. The molecular formula is C30H37NO2. The summed E-state index contributed by atoms with van der Waals surface area (Å²) in [6.07, 6.45) is 7.00. The van der Waals surface area contributed by atoms with Gasteiger partial charge in [0.1, 0.15) is 18.1 Å². The quantitative estimate of drug-likeness (QED) is 0.363. The fraction of sp³-hybridized carbons (Fsp3) is 0.433. The van der Waals surface area contributed by atoms with Gasteiger partial charge in [0, 0.05) is 17.3 Å². The van der Waals surface area contributed by atoms with Crippen molar-refractivity contribution >= 4 is 0 Å². The van der Waals surface area contributed by atoms with Crippen LogP contribution in [0.3, 0.4) is 0 Å². The molecular weight excluding hydrogens is 406 g/mol. The van der Waals surface area contributed by atoms with E-state index in [1.807, 2.05) is 0 Å². The van der Waals surface area contributed by atoms with E-state index < -0.39 is 0 Å². The summed E-state index contributed by atoms with van der Waals surface area (Å²) >= 11 is 0. The molecule has 3 nitrogen and oxygen atoms in total. The average molecular weight is 444 g/mol. The Morgan fingerprint density at radius 2 is 1.70 bits per heavy atom. The Morgan fingerprint density at radius 1 is 0.909 bits per heavy atom. The molecule has 174 valence electrons. The Hall–Kier alpha value is -2.81. The first-order valence-corrected chi connectivity index (χ1v) is 12.5. The van der Waals surface area contributed by atoms with Gasteiger partial charge in [-0.2, -0.15) is 0 Å². The minimum atomic E-state index is 0.0785. The normalized spacial score (nSPS) is 13.2. The van der Waals surface area contributed by atoms with Gasteiger partial charge in [-0.3, -0.25) is 4.98 Å². The molecule has 0 amide bonds. The van der Waals surface area contributed by atoms with E-state index in [0.29, 0.717) is 6.61 Å². The molecule has 2 aromatic carbocycles. The first-order valence-electron chi connectivity index (χ1n) is 12.5. The molecule has 1 aromatic heterocycles. The number of pyridine rings is 1. The highest BCUT2D eigenvalue weighted by Crippen LogP contribution is 2.33. The highest BCUT2D eigenvalue weighted by Gasteiger charge is 2.17. The molecule has 0 fully saturated rings. The van der Waals surface area contributed by atoms with Gasteiger partial charge in [-0.1, -0.05) is 38.1 Å². The fourth-order valence-corrected chi connectivity index (χ4v) is 4.92. The van der Waals surface area contributed by atoms with E-state index in [0.717, 1.165) is 47.7 Å². The van der Waals surface area contributed by atoms with E-state index in [4.69, 9.17) is 14.5 Å². The smallest absolute Gasteiger partial charge is 0.130 e. The third-order valence-electron chi connectivity index (χ3n) is 6.64. The van der Waals surface area contributed by atoms with Gasteiger partial charge in [-0.05, 0) is 93.7 Å². The molecule has 0 radical (unpaired) electrons. The number of ether oxygens (including phenoxy) is 2. The first kappa shape index (κ1) is 23.4. The SMILES string of the molecule is CCc1cccc(-c2cc(OC(C)C)c(COc3ccc4c(c3)CCCC4)c(C)n2)c1CC. The van der Waals surface area contributed by atoms with Gasteiger partial charge in [0.15, 0.2) is 0 Å². The summed E-state index contributed by atoms with van der Waals surface area (Å²) < 4.78 is 12.5. The van der Waals surface area contributed by atoms with Crippen LogP contribution in [0.15, 0.2) is 42.5 Å². The monoisotopic (exact) mass is 443 g/mol. The Labute approximate surface area is 199 Å². The van der Waals surface area contributed by atoms with Crippen LogP contribution in [0, 0.1) is 6.92 Å². The summed E-state index contributed by atoms with van der Waals surface area (Å²) in [5, 5.41) is 0. The van der Waals surface area contributed by atoms with Crippen molar-refractivity contribution < 1.29 is 9.47 Å². The molecule has 33 heavy (non-hydrogen) atoms.